The van der Waals surface area contributed by atoms with Gasteiger partial charge in [-0.2, -0.15) is 0 Å². The Labute approximate surface area is 127 Å². The Balaban J connectivity index is 2.39. The van der Waals surface area contributed by atoms with Gasteiger partial charge in [0.1, 0.15) is 10.8 Å². The normalized spacial score (nSPS) is 11.0. The zero-order valence-electron chi connectivity index (χ0n) is 11.8. The molecule has 3 rings (SSSR count). The van der Waals surface area contributed by atoms with Crippen molar-refractivity contribution in [3.05, 3.63) is 58.9 Å². The summed E-state index contributed by atoms with van der Waals surface area (Å²) in [6.07, 6.45) is 0. The minimum atomic E-state index is -0.300. The van der Waals surface area contributed by atoms with Crippen molar-refractivity contribution in [3.63, 3.8) is 0 Å². The van der Waals surface area contributed by atoms with E-state index in [0.717, 1.165) is 33.3 Å². The SMILES string of the molecule is Cc1ccc(C)c(-c2[nH]c3ccc(F)cc3c2C(N)=S)c1. The monoisotopic (exact) mass is 298 g/mol. The average molecular weight is 298 g/mol. The number of thiocarbonyl (C=S) groups is 1. The minimum Gasteiger partial charge on any atom is -0.389 e. The summed E-state index contributed by atoms with van der Waals surface area (Å²) in [5.41, 5.74) is 11.6. The minimum absolute atomic E-state index is 0.266. The molecule has 0 saturated heterocycles. The van der Waals surface area contributed by atoms with Crippen LogP contribution in [0.4, 0.5) is 4.39 Å². The maximum absolute atomic E-state index is 13.5. The van der Waals surface area contributed by atoms with Crippen LogP contribution in [-0.2, 0) is 0 Å². The Morgan fingerprint density at radius 1 is 1.14 bits per heavy atom. The largest absolute Gasteiger partial charge is 0.389 e. The number of aromatic amines is 1. The van der Waals surface area contributed by atoms with E-state index in [0.29, 0.717) is 5.56 Å². The van der Waals surface area contributed by atoms with Gasteiger partial charge in [0.15, 0.2) is 0 Å². The van der Waals surface area contributed by atoms with E-state index in [1.54, 1.807) is 6.07 Å². The lowest BCUT2D eigenvalue weighted by molar-refractivity contribution is 0.629. The van der Waals surface area contributed by atoms with Crippen molar-refractivity contribution in [2.75, 3.05) is 0 Å². The maximum atomic E-state index is 13.5. The fourth-order valence-corrected chi connectivity index (χ4v) is 2.84. The molecule has 21 heavy (non-hydrogen) atoms. The van der Waals surface area contributed by atoms with Crippen molar-refractivity contribution >= 4 is 28.1 Å². The topological polar surface area (TPSA) is 41.8 Å². The zero-order chi connectivity index (χ0) is 15.1. The van der Waals surface area contributed by atoms with Gasteiger partial charge in [-0.05, 0) is 43.7 Å². The molecule has 106 valence electrons. The van der Waals surface area contributed by atoms with Gasteiger partial charge in [0.2, 0.25) is 0 Å². The molecule has 0 aliphatic carbocycles. The summed E-state index contributed by atoms with van der Waals surface area (Å²) in [5, 5.41) is 0.721. The summed E-state index contributed by atoms with van der Waals surface area (Å²) in [6, 6.07) is 10.8. The van der Waals surface area contributed by atoms with E-state index in [-0.39, 0.29) is 10.8 Å². The molecule has 0 radical (unpaired) electrons. The van der Waals surface area contributed by atoms with Gasteiger partial charge in [-0.1, -0.05) is 29.9 Å². The van der Waals surface area contributed by atoms with E-state index < -0.39 is 0 Å². The van der Waals surface area contributed by atoms with E-state index in [9.17, 15) is 4.39 Å². The number of nitrogens with two attached hydrogens (primary N) is 1. The highest BCUT2D eigenvalue weighted by molar-refractivity contribution is 7.80. The summed E-state index contributed by atoms with van der Waals surface area (Å²) >= 11 is 5.19. The fraction of sp³-hybridized carbons (Fsp3) is 0.118. The lowest BCUT2D eigenvalue weighted by Crippen LogP contribution is -2.10. The lowest BCUT2D eigenvalue weighted by Gasteiger charge is -2.08. The van der Waals surface area contributed by atoms with Crippen molar-refractivity contribution < 1.29 is 4.39 Å². The first-order chi connectivity index (χ1) is 9.97. The zero-order valence-corrected chi connectivity index (χ0v) is 12.6. The third-order valence-corrected chi connectivity index (χ3v) is 3.87. The summed E-state index contributed by atoms with van der Waals surface area (Å²) in [6.45, 7) is 4.07. The molecule has 0 atom stereocenters. The molecule has 0 aliphatic heterocycles. The van der Waals surface area contributed by atoms with Gasteiger partial charge < -0.3 is 10.7 Å². The first-order valence-electron chi connectivity index (χ1n) is 6.66. The van der Waals surface area contributed by atoms with Crippen LogP contribution in [0.3, 0.4) is 0 Å². The van der Waals surface area contributed by atoms with Gasteiger partial charge in [0.05, 0.1) is 5.69 Å². The number of nitrogens with one attached hydrogen (secondary N) is 1. The molecule has 1 aromatic heterocycles. The van der Waals surface area contributed by atoms with E-state index in [1.165, 1.54) is 12.1 Å². The highest BCUT2D eigenvalue weighted by Gasteiger charge is 2.17. The fourth-order valence-electron chi connectivity index (χ4n) is 2.63. The number of fused-ring (bicyclic) bond motifs is 1. The molecule has 3 aromatic rings. The number of aryl methyl sites for hydroxylation is 2. The predicted molar refractivity (Wildman–Crippen MR) is 89.1 cm³/mol. The van der Waals surface area contributed by atoms with E-state index in [2.05, 4.69) is 23.2 Å². The van der Waals surface area contributed by atoms with Gasteiger partial charge >= 0.3 is 0 Å². The number of hydrogen-bond acceptors (Lipinski definition) is 1. The van der Waals surface area contributed by atoms with Crippen LogP contribution in [0.25, 0.3) is 22.2 Å². The number of rotatable bonds is 2. The second kappa shape index (κ2) is 4.97. The Morgan fingerprint density at radius 2 is 1.90 bits per heavy atom. The Kier molecular flexibility index (Phi) is 3.26. The van der Waals surface area contributed by atoms with E-state index in [4.69, 9.17) is 18.0 Å². The second-order valence-corrected chi connectivity index (χ2v) is 5.69. The number of halogens is 1. The maximum Gasteiger partial charge on any atom is 0.123 e. The van der Waals surface area contributed by atoms with Crippen molar-refractivity contribution in [2.45, 2.75) is 13.8 Å². The van der Waals surface area contributed by atoms with Crippen LogP contribution in [-0.4, -0.2) is 9.97 Å². The first kappa shape index (κ1) is 13.8. The van der Waals surface area contributed by atoms with Crippen molar-refractivity contribution in [2.24, 2.45) is 5.73 Å². The highest BCUT2D eigenvalue weighted by Crippen LogP contribution is 2.33. The molecule has 3 N–H and O–H groups in total. The molecule has 0 spiro atoms. The molecule has 4 heteroatoms. The van der Waals surface area contributed by atoms with Crippen molar-refractivity contribution in [1.29, 1.82) is 0 Å². The summed E-state index contributed by atoms with van der Waals surface area (Å²) in [4.78, 5) is 3.59. The van der Waals surface area contributed by atoms with Gasteiger partial charge in [0, 0.05) is 22.0 Å². The predicted octanol–water partition coefficient (Wildman–Crippen LogP) is 4.23. The number of hydrogen-bond donors (Lipinski definition) is 2. The number of benzene rings is 2. The smallest absolute Gasteiger partial charge is 0.123 e. The van der Waals surface area contributed by atoms with Crippen LogP contribution in [0.2, 0.25) is 0 Å². The Bertz CT molecular complexity index is 865. The Hall–Kier alpha value is -2.20. The molecule has 0 bridgehead atoms. The number of H-pyrrole nitrogens is 1. The van der Waals surface area contributed by atoms with Crippen molar-refractivity contribution in [3.8, 4) is 11.3 Å². The van der Waals surface area contributed by atoms with Crippen LogP contribution in [0, 0.1) is 19.7 Å². The summed E-state index contributed by atoms with van der Waals surface area (Å²) in [7, 11) is 0. The number of aromatic nitrogens is 1. The van der Waals surface area contributed by atoms with E-state index in [1.807, 2.05) is 13.8 Å². The molecule has 0 amide bonds. The second-order valence-electron chi connectivity index (χ2n) is 5.25. The molecule has 0 saturated carbocycles. The van der Waals surface area contributed by atoms with Crippen LogP contribution in [0.5, 0.6) is 0 Å². The first-order valence-corrected chi connectivity index (χ1v) is 7.07. The molecular weight excluding hydrogens is 283 g/mol. The highest BCUT2D eigenvalue weighted by atomic mass is 32.1. The Morgan fingerprint density at radius 3 is 2.62 bits per heavy atom. The molecule has 0 aliphatic rings. The molecule has 0 unspecified atom stereocenters. The molecule has 1 heterocycles. The van der Waals surface area contributed by atoms with Gasteiger partial charge in [-0.25, -0.2) is 4.39 Å². The van der Waals surface area contributed by atoms with Gasteiger partial charge in [-0.3, -0.25) is 0 Å². The molecule has 2 aromatic carbocycles. The lowest BCUT2D eigenvalue weighted by atomic mass is 9.99. The van der Waals surface area contributed by atoms with Crippen LogP contribution in [0.1, 0.15) is 16.7 Å². The average Bonchev–Trinajstić information content (AvgIpc) is 2.79. The third kappa shape index (κ3) is 2.32. The van der Waals surface area contributed by atoms with Crippen LogP contribution < -0.4 is 5.73 Å². The van der Waals surface area contributed by atoms with Gasteiger partial charge in [0.25, 0.3) is 0 Å². The molecule has 0 fully saturated rings. The van der Waals surface area contributed by atoms with Crippen LogP contribution in [0.15, 0.2) is 36.4 Å². The summed E-state index contributed by atoms with van der Waals surface area (Å²) in [5.74, 6) is -0.300. The van der Waals surface area contributed by atoms with Crippen LogP contribution >= 0.6 is 12.2 Å². The summed E-state index contributed by atoms with van der Waals surface area (Å²) < 4.78 is 13.5. The van der Waals surface area contributed by atoms with Crippen molar-refractivity contribution in [1.82, 2.24) is 4.98 Å². The quantitative estimate of drug-likeness (QED) is 0.695. The third-order valence-electron chi connectivity index (χ3n) is 3.67. The molecular formula is C17H15FN2S. The van der Waals surface area contributed by atoms with E-state index >= 15 is 0 Å². The van der Waals surface area contributed by atoms with Gasteiger partial charge in [-0.15, -0.1) is 0 Å². The standard InChI is InChI=1S/C17H15FN2S/c1-9-3-4-10(2)12(7-9)16-15(17(19)21)13-8-11(18)5-6-14(13)20-16/h3-8,20H,1-2H3,(H2,19,21). The molecule has 2 nitrogen and oxygen atoms in total.